The van der Waals surface area contributed by atoms with E-state index in [9.17, 15) is 9.59 Å². The van der Waals surface area contributed by atoms with Gasteiger partial charge >= 0.3 is 0 Å². The summed E-state index contributed by atoms with van der Waals surface area (Å²) in [6.45, 7) is 6.58. The molecule has 4 heterocycles. The van der Waals surface area contributed by atoms with E-state index in [1.807, 2.05) is 23.6 Å². The van der Waals surface area contributed by atoms with E-state index < -0.39 is 0 Å². The van der Waals surface area contributed by atoms with Crippen LogP contribution in [0.5, 0.6) is 0 Å². The third-order valence-electron chi connectivity index (χ3n) is 5.65. The summed E-state index contributed by atoms with van der Waals surface area (Å²) < 4.78 is 11.2. The van der Waals surface area contributed by atoms with Crippen LogP contribution in [0.25, 0.3) is 0 Å². The minimum Gasteiger partial charge on any atom is -0.466 e. The molecule has 2 aromatic heterocycles. The number of piperidine rings is 1. The SMILES string of the molecule is Cc1cc(C(=O)N2CCC(c3nnc(CC(=O)N4CCCC4)o3)CC2)c(C)o1. The molecule has 150 valence electrons. The first-order chi connectivity index (χ1) is 13.5. The van der Waals surface area contributed by atoms with Crippen LogP contribution in [0.1, 0.15) is 65.3 Å². The molecule has 0 unspecified atom stereocenters. The zero-order chi connectivity index (χ0) is 19.7. The monoisotopic (exact) mass is 386 g/mol. The van der Waals surface area contributed by atoms with Crippen LogP contribution in [0.15, 0.2) is 14.9 Å². The van der Waals surface area contributed by atoms with Crippen molar-refractivity contribution in [3.63, 3.8) is 0 Å². The molecule has 2 fully saturated rings. The lowest BCUT2D eigenvalue weighted by Gasteiger charge is -2.30. The van der Waals surface area contributed by atoms with Crippen molar-refractivity contribution < 1.29 is 18.4 Å². The smallest absolute Gasteiger partial charge is 0.257 e. The average Bonchev–Trinajstić information content (AvgIpc) is 3.43. The zero-order valence-electron chi connectivity index (χ0n) is 16.4. The second-order valence-corrected chi connectivity index (χ2v) is 7.69. The van der Waals surface area contributed by atoms with Gasteiger partial charge < -0.3 is 18.6 Å². The molecule has 2 aromatic rings. The Morgan fingerprint density at radius 3 is 2.39 bits per heavy atom. The molecule has 0 radical (unpaired) electrons. The molecule has 0 aliphatic carbocycles. The minimum absolute atomic E-state index is 0.00947. The van der Waals surface area contributed by atoms with Crippen LogP contribution < -0.4 is 0 Å². The van der Waals surface area contributed by atoms with Gasteiger partial charge in [-0.25, -0.2) is 0 Å². The van der Waals surface area contributed by atoms with Gasteiger partial charge in [-0.15, -0.1) is 10.2 Å². The number of furan rings is 1. The van der Waals surface area contributed by atoms with Crippen molar-refractivity contribution in [2.24, 2.45) is 0 Å². The topological polar surface area (TPSA) is 92.7 Å². The number of rotatable bonds is 4. The van der Waals surface area contributed by atoms with Crippen LogP contribution in [0.4, 0.5) is 0 Å². The van der Waals surface area contributed by atoms with E-state index in [1.54, 1.807) is 6.07 Å². The van der Waals surface area contributed by atoms with Gasteiger partial charge in [0.15, 0.2) is 0 Å². The molecule has 0 bridgehead atoms. The lowest BCUT2D eigenvalue weighted by molar-refractivity contribution is -0.129. The number of hydrogen-bond acceptors (Lipinski definition) is 6. The lowest BCUT2D eigenvalue weighted by atomic mass is 9.96. The highest BCUT2D eigenvalue weighted by Gasteiger charge is 2.29. The largest absolute Gasteiger partial charge is 0.466 e. The summed E-state index contributed by atoms with van der Waals surface area (Å²) in [5.41, 5.74) is 0.636. The second kappa shape index (κ2) is 7.77. The normalized spacial score (nSPS) is 18.1. The Morgan fingerprint density at radius 1 is 1.04 bits per heavy atom. The van der Waals surface area contributed by atoms with Crippen LogP contribution in [-0.4, -0.2) is 58.0 Å². The molecule has 4 rings (SSSR count). The summed E-state index contributed by atoms with van der Waals surface area (Å²) in [5.74, 6) is 2.56. The van der Waals surface area contributed by atoms with Gasteiger partial charge in [0.05, 0.1) is 5.56 Å². The molecule has 0 spiro atoms. The van der Waals surface area contributed by atoms with Crippen LogP contribution in [0.2, 0.25) is 0 Å². The molecule has 2 aliphatic rings. The van der Waals surface area contributed by atoms with E-state index in [1.165, 1.54) is 0 Å². The van der Waals surface area contributed by atoms with Crippen molar-refractivity contribution in [1.82, 2.24) is 20.0 Å². The van der Waals surface area contributed by atoms with Gasteiger partial charge in [-0.3, -0.25) is 9.59 Å². The van der Waals surface area contributed by atoms with Gasteiger partial charge in [0.1, 0.15) is 17.9 Å². The number of likely N-dealkylation sites (tertiary alicyclic amines) is 2. The van der Waals surface area contributed by atoms with Crippen molar-refractivity contribution >= 4 is 11.8 Å². The Kier molecular flexibility index (Phi) is 5.19. The maximum absolute atomic E-state index is 12.7. The van der Waals surface area contributed by atoms with Crippen LogP contribution in [0, 0.1) is 13.8 Å². The third kappa shape index (κ3) is 3.81. The zero-order valence-corrected chi connectivity index (χ0v) is 16.4. The fourth-order valence-corrected chi connectivity index (χ4v) is 4.05. The van der Waals surface area contributed by atoms with E-state index >= 15 is 0 Å². The molecule has 2 amide bonds. The number of carbonyl (C=O) groups is 2. The fraction of sp³-hybridized carbons (Fsp3) is 0.600. The van der Waals surface area contributed by atoms with Crippen molar-refractivity contribution in [2.45, 2.75) is 51.9 Å². The molecule has 0 saturated carbocycles. The Balaban J connectivity index is 1.32. The molecule has 28 heavy (non-hydrogen) atoms. The summed E-state index contributed by atoms with van der Waals surface area (Å²) in [6, 6.07) is 1.80. The van der Waals surface area contributed by atoms with E-state index in [2.05, 4.69) is 10.2 Å². The van der Waals surface area contributed by atoms with Crippen molar-refractivity contribution in [2.75, 3.05) is 26.2 Å². The molecule has 2 aliphatic heterocycles. The minimum atomic E-state index is 0.00947. The van der Waals surface area contributed by atoms with Gasteiger partial charge in [-0.05, 0) is 45.6 Å². The van der Waals surface area contributed by atoms with E-state index in [4.69, 9.17) is 8.83 Å². The van der Waals surface area contributed by atoms with Crippen molar-refractivity contribution in [3.8, 4) is 0 Å². The van der Waals surface area contributed by atoms with Gasteiger partial charge in [-0.1, -0.05) is 0 Å². The standard InChI is InChI=1S/C20H26N4O4/c1-13-11-16(14(2)27-13)20(26)24-9-5-15(6-10-24)19-22-21-17(28-19)12-18(25)23-7-3-4-8-23/h11,15H,3-10,12H2,1-2H3. The number of hydrogen-bond donors (Lipinski definition) is 0. The molecular weight excluding hydrogens is 360 g/mol. The summed E-state index contributed by atoms with van der Waals surface area (Å²) in [5, 5.41) is 8.22. The first-order valence-corrected chi connectivity index (χ1v) is 9.97. The van der Waals surface area contributed by atoms with Crippen molar-refractivity contribution in [1.29, 1.82) is 0 Å². The Labute approximate surface area is 163 Å². The Morgan fingerprint density at radius 2 is 1.75 bits per heavy atom. The predicted molar refractivity (Wildman–Crippen MR) is 99.9 cm³/mol. The molecule has 2 saturated heterocycles. The summed E-state index contributed by atoms with van der Waals surface area (Å²) in [7, 11) is 0. The van der Waals surface area contributed by atoms with E-state index in [-0.39, 0.29) is 24.2 Å². The van der Waals surface area contributed by atoms with Gasteiger partial charge in [0.2, 0.25) is 17.7 Å². The van der Waals surface area contributed by atoms with E-state index in [0.29, 0.717) is 36.2 Å². The van der Waals surface area contributed by atoms with Crippen LogP contribution in [0.3, 0.4) is 0 Å². The highest BCUT2D eigenvalue weighted by molar-refractivity contribution is 5.95. The highest BCUT2D eigenvalue weighted by Crippen LogP contribution is 2.28. The van der Waals surface area contributed by atoms with Gasteiger partial charge in [0.25, 0.3) is 5.91 Å². The quantitative estimate of drug-likeness (QED) is 0.801. The van der Waals surface area contributed by atoms with Gasteiger partial charge in [-0.2, -0.15) is 0 Å². The van der Waals surface area contributed by atoms with Crippen LogP contribution in [-0.2, 0) is 11.2 Å². The Hall–Kier alpha value is -2.64. The summed E-state index contributed by atoms with van der Waals surface area (Å²) in [4.78, 5) is 28.6. The lowest BCUT2D eigenvalue weighted by Crippen LogP contribution is -2.38. The molecule has 0 N–H and O–H groups in total. The average molecular weight is 386 g/mol. The summed E-state index contributed by atoms with van der Waals surface area (Å²) in [6.07, 6.45) is 3.84. The molecule has 8 heteroatoms. The second-order valence-electron chi connectivity index (χ2n) is 7.69. The third-order valence-corrected chi connectivity index (χ3v) is 5.65. The first-order valence-electron chi connectivity index (χ1n) is 9.97. The molecule has 0 aromatic carbocycles. The maximum Gasteiger partial charge on any atom is 0.257 e. The number of nitrogens with zero attached hydrogens (tertiary/aromatic N) is 4. The predicted octanol–water partition coefficient (Wildman–Crippen LogP) is 2.46. The number of carbonyl (C=O) groups excluding carboxylic acids is 2. The maximum atomic E-state index is 12.7. The van der Waals surface area contributed by atoms with Crippen LogP contribution >= 0.6 is 0 Å². The van der Waals surface area contributed by atoms with Crippen molar-refractivity contribution in [3.05, 3.63) is 34.9 Å². The molecule has 0 atom stereocenters. The Bertz CT molecular complexity index is 857. The number of aryl methyl sites for hydroxylation is 2. The number of amides is 2. The molecule has 8 nitrogen and oxygen atoms in total. The van der Waals surface area contributed by atoms with E-state index in [0.717, 1.165) is 44.5 Å². The highest BCUT2D eigenvalue weighted by atomic mass is 16.4. The van der Waals surface area contributed by atoms with Gasteiger partial charge in [0, 0.05) is 32.1 Å². The summed E-state index contributed by atoms with van der Waals surface area (Å²) >= 11 is 0. The fourth-order valence-electron chi connectivity index (χ4n) is 4.05. The number of aromatic nitrogens is 2. The first kappa shape index (κ1) is 18.7. The molecular formula is C20H26N4O4.